The second-order valence-corrected chi connectivity index (χ2v) is 11.4. The number of hydrogen-bond donors (Lipinski definition) is 0. The molecular weight excluding hydrogens is 616 g/mol. The van der Waals surface area contributed by atoms with Crippen LogP contribution in [0.4, 0.5) is 4.79 Å². The van der Waals surface area contributed by atoms with Gasteiger partial charge in [-0.3, -0.25) is 14.3 Å². The summed E-state index contributed by atoms with van der Waals surface area (Å²) in [6.45, 7) is 4.80. The van der Waals surface area contributed by atoms with Crippen LogP contribution in [0.1, 0.15) is 48.0 Å². The second-order valence-electron chi connectivity index (χ2n) is 11.4. The number of hydrogen-bond acceptors (Lipinski definition) is 11. The Kier molecular flexibility index (Phi) is 10.4. The van der Waals surface area contributed by atoms with Crippen LogP contribution >= 0.6 is 0 Å². The SMILES string of the molecule is COc1ncc(-n2c(COC(=O)OCc3ccccc3)c(-c3ncccc3OCc3ccccc3)cc(C(=O)OC(C)(C)C)c2=O)cn1. The molecule has 0 saturated heterocycles. The molecule has 0 bridgehead atoms. The van der Waals surface area contributed by atoms with Crippen molar-refractivity contribution in [2.24, 2.45) is 0 Å². The normalized spacial score (nSPS) is 11.0. The van der Waals surface area contributed by atoms with Gasteiger partial charge in [0, 0.05) is 11.8 Å². The topological polar surface area (TPSA) is 141 Å². The smallest absolute Gasteiger partial charge is 0.487 e. The van der Waals surface area contributed by atoms with Gasteiger partial charge in [-0.1, -0.05) is 60.7 Å². The Morgan fingerprint density at radius 2 is 1.42 bits per heavy atom. The molecule has 0 atom stereocenters. The van der Waals surface area contributed by atoms with E-state index in [1.807, 2.05) is 48.5 Å². The minimum Gasteiger partial charge on any atom is -0.487 e. The largest absolute Gasteiger partial charge is 0.508 e. The molecule has 0 aliphatic rings. The van der Waals surface area contributed by atoms with E-state index in [1.54, 1.807) is 51.2 Å². The van der Waals surface area contributed by atoms with E-state index in [0.29, 0.717) is 5.75 Å². The van der Waals surface area contributed by atoms with Crippen LogP contribution in [0.3, 0.4) is 0 Å². The first kappa shape index (κ1) is 33.3. The fourth-order valence-corrected chi connectivity index (χ4v) is 4.61. The third-order valence-corrected chi connectivity index (χ3v) is 6.77. The Morgan fingerprint density at radius 1 is 0.792 bits per heavy atom. The van der Waals surface area contributed by atoms with Gasteiger partial charge in [0.25, 0.3) is 5.56 Å². The summed E-state index contributed by atoms with van der Waals surface area (Å²) in [7, 11) is 1.40. The fraction of sp³-hybridized carbons (Fsp3) is 0.222. The highest BCUT2D eigenvalue weighted by atomic mass is 16.7. The van der Waals surface area contributed by atoms with Crippen molar-refractivity contribution >= 4 is 12.1 Å². The molecule has 0 amide bonds. The van der Waals surface area contributed by atoms with Gasteiger partial charge in [-0.25, -0.2) is 19.6 Å². The van der Waals surface area contributed by atoms with Crippen molar-refractivity contribution in [2.75, 3.05) is 7.11 Å². The zero-order valence-electron chi connectivity index (χ0n) is 26.9. The molecule has 0 aliphatic heterocycles. The summed E-state index contributed by atoms with van der Waals surface area (Å²) in [6, 6.07) is 23.5. The van der Waals surface area contributed by atoms with Crippen molar-refractivity contribution < 1.29 is 33.3 Å². The van der Waals surface area contributed by atoms with Gasteiger partial charge in [-0.15, -0.1) is 0 Å². The van der Waals surface area contributed by atoms with Crippen molar-refractivity contribution in [3.63, 3.8) is 0 Å². The highest BCUT2D eigenvalue weighted by Crippen LogP contribution is 2.33. The van der Waals surface area contributed by atoms with Crippen LogP contribution in [-0.2, 0) is 34.0 Å². The first-order valence-electron chi connectivity index (χ1n) is 15.0. The number of esters is 1. The molecule has 2 aromatic carbocycles. The molecule has 0 saturated carbocycles. The lowest BCUT2D eigenvalue weighted by atomic mass is 10.0. The molecule has 5 aromatic rings. The first-order valence-corrected chi connectivity index (χ1v) is 15.0. The quantitative estimate of drug-likeness (QED) is 0.153. The van der Waals surface area contributed by atoms with Crippen LogP contribution in [0, 0.1) is 0 Å². The van der Waals surface area contributed by atoms with E-state index < -0.39 is 29.9 Å². The molecule has 0 N–H and O–H groups in total. The van der Waals surface area contributed by atoms with Gasteiger partial charge in [0.1, 0.15) is 42.4 Å². The zero-order chi connectivity index (χ0) is 34.1. The first-order chi connectivity index (χ1) is 23.1. The molecular formula is C36H34N4O8. The summed E-state index contributed by atoms with van der Waals surface area (Å²) in [5.74, 6) is -0.519. The Balaban J connectivity index is 1.64. The molecule has 246 valence electrons. The summed E-state index contributed by atoms with van der Waals surface area (Å²) in [5, 5.41) is 0. The highest BCUT2D eigenvalue weighted by molar-refractivity contribution is 5.91. The summed E-state index contributed by atoms with van der Waals surface area (Å²) >= 11 is 0. The van der Waals surface area contributed by atoms with E-state index in [-0.39, 0.29) is 47.4 Å². The number of aromatic nitrogens is 4. The summed E-state index contributed by atoms with van der Waals surface area (Å²) in [5.41, 5.74) is 0.531. The molecule has 3 heterocycles. The molecule has 48 heavy (non-hydrogen) atoms. The van der Waals surface area contributed by atoms with Crippen molar-refractivity contribution in [1.82, 2.24) is 19.5 Å². The summed E-state index contributed by atoms with van der Waals surface area (Å²) < 4.78 is 29.0. The number of rotatable bonds is 11. The van der Waals surface area contributed by atoms with Gasteiger partial charge >= 0.3 is 18.1 Å². The van der Waals surface area contributed by atoms with E-state index in [9.17, 15) is 14.4 Å². The van der Waals surface area contributed by atoms with Crippen molar-refractivity contribution in [2.45, 2.75) is 46.2 Å². The number of carbonyl (C=O) groups excluding carboxylic acids is 2. The second kappa shape index (κ2) is 15.0. The van der Waals surface area contributed by atoms with E-state index in [4.69, 9.17) is 23.7 Å². The lowest BCUT2D eigenvalue weighted by Gasteiger charge is -2.22. The number of methoxy groups -OCH3 is 1. The number of pyridine rings is 2. The molecule has 3 aromatic heterocycles. The van der Waals surface area contributed by atoms with Gasteiger partial charge in [-0.05, 0) is 50.1 Å². The van der Waals surface area contributed by atoms with Crippen LogP contribution in [0.25, 0.3) is 16.9 Å². The standard InChI is InChI=1S/C36H34N4O8/c1-36(2,3)48-33(42)28-18-27(31-30(16-11-17-37-31)45-21-24-12-7-5-8-13-24)29(23-47-35(43)46-22-25-14-9-6-10-15-25)40(32(28)41)26-19-38-34(44-4)39-20-26/h5-20H,21-23H2,1-4H3. The number of benzene rings is 2. The van der Waals surface area contributed by atoms with E-state index in [1.165, 1.54) is 30.1 Å². The maximum Gasteiger partial charge on any atom is 0.508 e. The molecule has 0 spiro atoms. The summed E-state index contributed by atoms with van der Waals surface area (Å²) in [4.78, 5) is 53.4. The van der Waals surface area contributed by atoms with Crippen LogP contribution in [0.2, 0.25) is 0 Å². The zero-order valence-corrected chi connectivity index (χ0v) is 26.9. The van der Waals surface area contributed by atoms with Crippen molar-refractivity contribution in [3.8, 4) is 28.7 Å². The van der Waals surface area contributed by atoms with Crippen LogP contribution in [0.15, 0.2) is 102 Å². The molecule has 0 unspecified atom stereocenters. The third kappa shape index (κ3) is 8.40. The van der Waals surface area contributed by atoms with Crippen LogP contribution in [-0.4, -0.2) is 44.4 Å². The van der Waals surface area contributed by atoms with Gasteiger partial charge in [0.2, 0.25) is 0 Å². The average Bonchev–Trinajstić information content (AvgIpc) is 3.09. The maximum atomic E-state index is 14.2. The van der Waals surface area contributed by atoms with Gasteiger partial charge < -0.3 is 23.7 Å². The minimum absolute atomic E-state index is 0.0268. The van der Waals surface area contributed by atoms with Gasteiger partial charge in [-0.2, -0.15) is 0 Å². The van der Waals surface area contributed by atoms with Crippen molar-refractivity contribution in [3.05, 3.63) is 130 Å². The molecule has 12 nitrogen and oxygen atoms in total. The molecule has 0 radical (unpaired) electrons. The van der Waals surface area contributed by atoms with Crippen molar-refractivity contribution in [1.29, 1.82) is 0 Å². The van der Waals surface area contributed by atoms with Crippen LogP contribution < -0.4 is 15.0 Å². The molecule has 0 aliphatic carbocycles. The van der Waals surface area contributed by atoms with Gasteiger partial charge in [0.05, 0.1) is 30.9 Å². The summed E-state index contributed by atoms with van der Waals surface area (Å²) in [6.07, 6.45) is 3.26. The predicted octanol–water partition coefficient (Wildman–Crippen LogP) is 6.09. The Morgan fingerprint density at radius 3 is 2.04 bits per heavy atom. The van der Waals surface area contributed by atoms with Crippen LogP contribution in [0.5, 0.6) is 11.8 Å². The molecule has 12 heteroatoms. The van der Waals surface area contributed by atoms with Gasteiger partial charge in [0.15, 0.2) is 0 Å². The Labute approximate surface area is 276 Å². The van der Waals surface area contributed by atoms with E-state index in [2.05, 4.69) is 15.0 Å². The maximum absolute atomic E-state index is 14.2. The van der Waals surface area contributed by atoms with E-state index in [0.717, 1.165) is 11.1 Å². The molecule has 0 fully saturated rings. The Hall–Kier alpha value is -6.04. The van der Waals surface area contributed by atoms with E-state index >= 15 is 0 Å². The third-order valence-electron chi connectivity index (χ3n) is 6.77. The number of ether oxygens (including phenoxy) is 5. The number of carbonyl (C=O) groups is 2. The minimum atomic E-state index is -0.979. The molecule has 5 rings (SSSR count). The predicted molar refractivity (Wildman–Crippen MR) is 175 cm³/mol. The lowest BCUT2D eigenvalue weighted by Crippen LogP contribution is -2.33. The fourth-order valence-electron chi connectivity index (χ4n) is 4.61. The Bertz CT molecular complexity index is 1920. The highest BCUT2D eigenvalue weighted by Gasteiger charge is 2.28. The average molecular weight is 651 g/mol. The number of nitrogens with zero attached hydrogens (tertiary/aromatic N) is 4. The lowest BCUT2D eigenvalue weighted by molar-refractivity contribution is 0.00661. The monoisotopic (exact) mass is 650 g/mol.